The van der Waals surface area contributed by atoms with E-state index in [0.29, 0.717) is 28.6 Å². The van der Waals surface area contributed by atoms with Gasteiger partial charge in [0.25, 0.3) is 5.91 Å². The summed E-state index contributed by atoms with van der Waals surface area (Å²) in [5.74, 6) is 0.627. The lowest BCUT2D eigenvalue weighted by Crippen LogP contribution is -2.18. The van der Waals surface area contributed by atoms with Crippen LogP contribution in [0.4, 0.5) is 5.82 Å². The van der Waals surface area contributed by atoms with Crippen molar-refractivity contribution in [2.45, 2.75) is 6.92 Å². The first kappa shape index (κ1) is 14.9. The summed E-state index contributed by atoms with van der Waals surface area (Å²) < 4.78 is 7.19. The zero-order valence-corrected chi connectivity index (χ0v) is 13.3. The topological polar surface area (TPSA) is 92.4 Å². The van der Waals surface area contributed by atoms with Crippen LogP contribution in [-0.4, -0.2) is 20.3 Å². The zero-order valence-electron chi connectivity index (χ0n) is 13.3. The summed E-state index contributed by atoms with van der Waals surface area (Å²) >= 11 is 0. The number of aromatic amines is 1. The number of pyridine rings is 2. The highest BCUT2D eigenvalue weighted by atomic mass is 16.3. The zero-order chi connectivity index (χ0) is 17.4. The second-order valence-corrected chi connectivity index (χ2v) is 5.59. The van der Waals surface area contributed by atoms with Crippen molar-refractivity contribution in [1.29, 1.82) is 0 Å². The second-order valence-electron chi connectivity index (χ2n) is 5.59. The van der Waals surface area contributed by atoms with Gasteiger partial charge in [0, 0.05) is 23.5 Å². The van der Waals surface area contributed by atoms with E-state index in [2.05, 4.69) is 15.3 Å². The number of aryl methyl sites for hydroxylation is 1. The molecule has 0 saturated heterocycles. The van der Waals surface area contributed by atoms with E-state index in [1.54, 1.807) is 42.0 Å². The molecule has 0 radical (unpaired) electrons. The van der Waals surface area contributed by atoms with E-state index in [4.69, 9.17) is 4.42 Å². The molecule has 0 fully saturated rings. The Morgan fingerprint density at radius 2 is 2.12 bits per heavy atom. The average Bonchev–Trinajstić information content (AvgIpc) is 3.22. The van der Waals surface area contributed by atoms with Gasteiger partial charge in [-0.05, 0) is 37.3 Å². The number of fused-ring (bicyclic) bond motifs is 1. The smallest absolute Gasteiger partial charge is 0.257 e. The molecule has 0 spiro atoms. The molecule has 4 heterocycles. The minimum atomic E-state index is -0.396. The Morgan fingerprint density at radius 3 is 2.88 bits per heavy atom. The lowest BCUT2D eigenvalue weighted by Gasteiger charge is -2.07. The molecule has 4 rings (SSSR count). The van der Waals surface area contributed by atoms with E-state index in [0.717, 1.165) is 0 Å². The van der Waals surface area contributed by atoms with Crippen LogP contribution < -0.4 is 10.9 Å². The summed E-state index contributed by atoms with van der Waals surface area (Å²) in [5, 5.41) is 2.84. The molecule has 1 amide bonds. The van der Waals surface area contributed by atoms with Crippen LogP contribution >= 0.6 is 0 Å². The van der Waals surface area contributed by atoms with Gasteiger partial charge in [0.05, 0.1) is 6.26 Å². The second kappa shape index (κ2) is 5.79. The Morgan fingerprint density at radius 1 is 1.24 bits per heavy atom. The molecule has 4 aromatic rings. The van der Waals surface area contributed by atoms with E-state index < -0.39 is 5.91 Å². The van der Waals surface area contributed by atoms with Gasteiger partial charge < -0.3 is 14.7 Å². The largest absolute Gasteiger partial charge is 0.463 e. The van der Waals surface area contributed by atoms with Crippen LogP contribution in [0.3, 0.4) is 0 Å². The van der Waals surface area contributed by atoms with Gasteiger partial charge in [-0.3, -0.25) is 14.0 Å². The number of hydrogen-bond donors (Lipinski definition) is 2. The standard InChI is InChI=1S/C18H14N4O3/c1-11-9-12(10-15(23)19-11)18(24)21-17-16(13-5-4-8-25-13)20-14-6-2-3-7-22(14)17/h2-10H,1H3,(H,19,23)(H,21,24). The number of rotatable bonds is 3. The number of furan rings is 1. The van der Waals surface area contributed by atoms with Gasteiger partial charge in [0.1, 0.15) is 17.2 Å². The number of anilines is 1. The molecule has 0 aliphatic rings. The summed E-state index contributed by atoms with van der Waals surface area (Å²) in [6.07, 6.45) is 3.35. The first-order valence-corrected chi connectivity index (χ1v) is 7.65. The number of nitrogens with one attached hydrogen (secondary N) is 2. The molecule has 4 aromatic heterocycles. The van der Waals surface area contributed by atoms with Gasteiger partial charge in [-0.2, -0.15) is 0 Å². The highest BCUT2D eigenvalue weighted by Gasteiger charge is 2.19. The quantitative estimate of drug-likeness (QED) is 0.602. The van der Waals surface area contributed by atoms with Gasteiger partial charge in [-0.15, -0.1) is 0 Å². The van der Waals surface area contributed by atoms with Gasteiger partial charge in [0.2, 0.25) is 5.56 Å². The lowest BCUT2D eigenvalue weighted by molar-refractivity contribution is 0.102. The fourth-order valence-electron chi connectivity index (χ4n) is 2.69. The molecule has 0 atom stereocenters. The third kappa shape index (κ3) is 2.72. The van der Waals surface area contributed by atoms with Crippen LogP contribution in [0, 0.1) is 6.92 Å². The van der Waals surface area contributed by atoms with Crippen LogP contribution in [0.1, 0.15) is 16.1 Å². The molecular formula is C18H14N4O3. The first-order valence-electron chi connectivity index (χ1n) is 7.65. The van der Waals surface area contributed by atoms with Gasteiger partial charge in [0.15, 0.2) is 5.76 Å². The molecule has 7 nitrogen and oxygen atoms in total. The number of imidazole rings is 1. The molecule has 0 aliphatic heterocycles. The highest BCUT2D eigenvalue weighted by molar-refractivity contribution is 6.05. The fraction of sp³-hybridized carbons (Fsp3) is 0.0556. The first-order chi connectivity index (χ1) is 12.1. The molecule has 0 bridgehead atoms. The maximum absolute atomic E-state index is 12.6. The SMILES string of the molecule is Cc1cc(C(=O)Nc2c(-c3ccco3)nc3ccccn23)cc(=O)[nH]1. The minimum absolute atomic E-state index is 0.275. The summed E-state index contributed by atoms with van der Waals surface area (Å²) in [6.45, 7) is 1.72. The maximum atomic E-state index is 12.6. The van der Waals surface area contributed by atoms with Gasteiger partial charge in [-0.1, -0.05) is 6.07 Å². The van der Waals surface area contributed by atoms with E-state index in [1.807, 2.05) is 18.2 Å². The third-order valence-corrected chi connectivity index (χ3v) is 3.76. The molecule has 0 aliphatic carbocycles. The van der Waals surface area contributed by atoms with Crippen molar-refractivity contribution in [2.24, 2.45) is 0 Å². The monoisotopic (exact) mass is 334 g/mol. The predicted octanol–water partition coefficient (Wildman–Crippen LogP) is 2.84. The molecule has 124 valence electrons. The summed E-state index contributed by atoms with van der Waals surface area (Å²) in [7, 11) is 0. The van der Waals surface area contributed by atoms with Crippen molar-refractivity contribution in [3.63, 3.8) is 0 Å². The van der Waals surface area contributed by atoms with Gasteiger partial charge in [-0.25, -0.2) is 4.98 Å². The Bertz CT molecular complexity index is 1120. The Balaban J connectivity index is 1.82. The minimum Gasteiger partial charge on any atom is -0.463 e. The molecule has 0 aromatic carbocycles. The van der Waals surface area contributed by atoms with Crippen molar-refractivity contribution in [1.82, 2.24) is 14.4 Å². The van der Waals surface area contributed by atoms with Crippen molar-refractivity contribution < 1.29 is 9.21 Å². The van der Waals surface area contributed by atoms with Crippen LogP contribution in [-0.2, 0) is 0 Å². The van der Waals surface area contributed by atoms with E-state index in [9.17, 15) is 9.59 Å². The third-order valence-electron chi connectivity index (χ3n) is 3.76. The lowest BCUT2D eigenvalue weighted by atomic mass is 10.2. The number of nitrogens with zero attached hydrogens (tertiary/aromatic N) is 2. The maximum Gasteiger partial charge on any atom is 0.257 e. The number of hydrogen-bond acceptors (Lipinski definition) is 4. The number of carbonyl (C=O) groups excluding carboxylic acids is 1. The van der Waals surface area contributed by atoms with Crippen LogP contribution in [0.5, 0.6) is 0 Å². The molecule has 0 unspecified atom stereocenters. The molecule has 2 N–H and O–H groups in total. The van der Waals surface area contributed by atoms with E-state index in [1.165, 1.54) is 6.07 Å². The highest BCUT2D eigenvalue weighted by Crippen LogP contribution is 2.29. The Labute approximate surface area is 142 Å². The predicted molar refractivity (Wildman–Crippen MR) is 92.6 cm³/mol. The van der Waals surface area contributed by atoms with Crippen LogP contribution in [0.2, 0.25) is 0 Å². The Hall–Kier alpha value is -3.61. The van der Waals surface area contributed by atoms with Gasteiger partial charge >= 0.3 is 0 Å². The van der Waals surface area contributed by atoms with E-state index >= 15 is 0 Å². The molecule has 7 heteroatoms. The number of H-pyrrole nitrogens is 1. The summed E-state index contributed by atoms with van der Waals surface area (Å²) in [5.41, 5.74) is 1.76. The molecule has 0 saturated carbocycles. The van der Waals surface area contributed by atoms with E-state index in [-0.39, 0.29) is 11.1 Å². The van der Waals surface area contributed by atoms with Crippen molar-refractivity contribution >= 4 is 17.4 Å². The van der Waals surface area contributed by atoms with Crippen molar-refractivity contribution in [2.75, 3.05) is 5.32 Å². The number of carbonyl (C=O) groups is 1. The normalized spacial score (nSPS) is 10.9. The molecule has 25 heavy (non-hydrogen) atoms. The number of amides is 1. The van der Waals surface area contributed by atoms with Crippen molar-refractivity contribution in [3.05, 3.63) is 76.5 Å². The van der Waals surface area contributed by atoms with Crippen LogP contribution in [0.15, 0.2) is 64.1 Å². The van der Waals surface area contributed by atoms with Crippen LogP contribution in [0.25, 0.3) is 17.1 Å². The number of aromatic nitrogens is 3. The van der Waals surface area contributed by atoms with Crippen molar-refractivity contribution in [3.8, 4) is 11.5 Å². The summed E-state index contributed by atoms with van der Waals surface area (Å²) in [6, 6.07) is 11.9. The average molecular weight is 334 g/mol. The summed E-state index contributed by atoms with van der Waals surface area (Å²) in [4.78, 5) is 31.4. The molecular weight excluding hydrogens is 320 g/mol. The Kier molecular flexibility index (Phi) is 3.46. The fourth-order valence-corrected chi connectivity index (χ4v) is 2.69.